The lowest BCUT2D eigenvalue weighted by molar-refractivity contribution is -0.148. The standard InChI is InChI=1S/C11H18O4S/c12-11(13)10-2-1-8(15-10)7-16-9-3-5-14-6-4-9/h8-10H,1-7H2,(H,12,13). The van der Waals surface area contributed by atoms with Crippen LogP contribution in [-0.2, 0) is 14.3 Å². The molecule has 2 heterocycles. The van der Waals surface area contributed by atoms with E-state index in [0.717, 1.165) is 38.2 Å². The van der Waals surface area contributed by atoms with Gasteiger partial charge in [-0.15, -0.1) is 0 Å². The van der Waals surface area contributed by atoms with Gasteiger partial charge in [-0.25, -0.2) is 4.79 Å². The zero-order chi connectivity index (χ0) is 11.4. The number of hydrogen-bond acceptors (Lipinski definition) is 4. The Morgan fingerprint density at radius 1 is 1.25 bits per heavy atom. The van der Waals surface area contributed by atoms with Gasteiger partial charge in [0.25, 0.3) is 0 Å². The smallest absolute Gasteiger partial charge is 0.332 e. The molecule has 0 radical (unpaired) electrons. The van der Waals surface area contributed by atoms with Crippen LogP contribution in [0.2, 0.25) is 0 Å². The van der Waals surface area contributed by atoms with Gasteiger partial charge >= 0.3 is 5.97 Å². The molecule has 1 N–H and O–H groups in total. The van der Waals surface area contributed by atoms with Crippen molar-refractivity contribution in [3.63, 3.8) is 0 Å². The zero-order valence-electron chi connectivity index (χ0n) is 9.26. The van der Waals surface area contributed by atoms with E-state index in [4.69, 9.17) is 14.6 Å². The summed E-state index contributed by atoms with van der Waals surface area (Å²) < 4.78 is 10.8. The Hall–Kier alpha value is -0.260. The molecule has 0 aromatic heterocycles. The summed E-state index contributed by atoms with van der Waals surface area (Å²) in [4.78, 5) is 10.7. The SMILES string of the molecule is O=C(O)C1CCC(CSC2CCOCC2)O1. The highest BCUT2D eigenvalue weighted by Crippen LogP contribution is 2.28. The minimum atomic E-state index is -0.821. The monoisotopic (exact) mass is 246 g/mol. The maximum Gasteiger partial charge on any atom is 0.332 e. The van der Waals surface area contributed by atoms with E-state index < -0.39 is 12.1 Å². The normalized spacial score (nSPS) is 31.8. The molecule has 92 valence electrons. The van der Waals surface area contributed by atoms with Crippen molar-refractivity contribution in [2.75, 3.05) is 19.0 Å². The largest absolute Gasteiger partial charge is 0.479 e. The molecule has 2 unspecified atom stereocenters. The van der Waals surface area contributed by atoms with Gasteiger partial charge in [-0.2, -0.15) is 11.8 Å². The number of rotatable bonds is 4. The van der Waals surface area contributed by atoms with Crippen molar-refractivity contribution in [3.8, 4) is 0 Å². The van der Waals surface area contributed by atoms with E-state index in [1.807, 2.05) is 11.8 Å². The number of carbonyl (C=O) groups is 1. The molecule has 2 rings (SSSR count). The first-order valence-corrected chi connectivity index (χ1v) is 6.88. The average molecular weight is 246 g/mol. The molecule has 0 spiro atoms. The Morgan fingerprint density at radius 3 is 2.62 bits per heavy atom. The van der Waals surface area contributed by atoms with Crippen LogP contribution in [-0.4, -0.2) is 47.5 Å². The van der Waals surface area contributed by atoms with Crippen LogP contribution in [0.25, 0.3) is 0 Å². The molecule has 2 aliphatic heterocycles. The van der Waals surface area contributed by atoms with E-state index in [2.05, 4.69) is 0 Å². The van der Waals surface area contributed by atoms with E-state index in [-0.39, 0.29) is 6.10 Å². The number of thioether (sulfide) groups is 1. The third-order valence-corrected chi connectivity index (χ3v) is 4.58. The Morgan fingerprint density at radius 2 is 2.00 bits per heavy atom. The highest BCUT2D eigenvalue weighted by Gasteiger charge is 2.30. The predicted molar refractivity (Wildman–Crippen MR) is 61.8 cm³/mol. The second-order valence-corrected chi connectivity index (χ2v) is 5.64. The van der Waals surface area contributed by atoms with E-state index in [9.17, 15) is 4.79 Å². The Balaban J connectivity index is 1.65. The Bertz CT molecular complexity index is 240. The van der Waals surface area contributed by atoms with Gasteiger partial charge in [-0.1, -0.05) is 0 Å². The fourth-order valence-corrected chi connectivity index (χ4v) is 3.35. The van der Waals surface area contributed by atoms with Crippen LogP contribution in [0.4, 0.5) is 0 Å². The van der Waals surface area contributed by atoms with Gasteiger partial charge in [-0.05, 0) is 25.7 Å². The quantitative estimate of drug-likeness (QED) is 0.815. The second-order valence-electron chi connectivity index (χ2n) is 4.31. The van der Waals surface area contributed by atoms with Gasteiger partial charge in [0.2, 0.25) is 0 Å². The summed E-state index contributed by atoms with van der Waals surface area (Å²) in [6.45, 7) is 1.72. The fourth-order valence-electron chi connectivity index (χ4n) is 2.10. The molecular weight excluding hydrogens is 228 g/mol. The number of carboxylic acid groups (broad SMARTS) is 1. The number of hydrogen-bond donors (Lipinski definition) is 1. The maximum atomic E-state index is 10.7. The molecule has 2 fully saturated rings. The van der Waals surface area contributed by atoms with Crippen LogP contribution >= 0.6 is 11.8 Å². The van der Waals surface area contributed by atoms with Crippen molar-refractivity contribution in [3.05, 3.63) is 0 Å². The van der Waals surface area contributed by atoms with Crippen molar-refractivity contribution in [1.82, 2.24) is 0 Å². The number of carboxylic acids is 1. The van der Waals surface area contributed by atoms with Crippen molar-refractivity contribution < 1.29 is 19.4 Å². The molecule has 16 heavy (non-hydrogen) atoms. The summed E-state index contributed by atoms with van der Waals surface area (Å²) >= 11 is 1.91. The maximum absolute atomic E-state index is 10.7. The number of ether oxygens (including phenoxy) is 2. The van der Waals surface area contributed by atoms with E-state index in [1.165, 1.54) is 0 Å². The van der Waals surface area contributed by atoms with Crippen LogP contribution in [0.15, 0.2) is 0 Å². The van der Waals surface area contributed by atoms with Crippen LogP contribution in [0.3, 0.4) is 0 Å². The number of aliphatic carboxylic acids is 1. The second kappa shape index (κ2) is 5.89. The van der Waals surface area contributed by atoms with Crippen LogP contribution in [0, 0.1) is 0 Å². The van der Waals surface area contributed by atoms with E-state index in [1.54, 1.807) is 0 Å². The molecule has 4 nitrogen and oxygen atoms in total. The van der Waals surface area contributed by atoms with E-state index >= 15 is 0 Å². The van der Waals surface area contributed by atoms with Gasteiger partial charge in [0.1, 0.15) is 0 Å². The van der Waals surface area contributed by atoms with Crippen molar-refractivity contribution in [1.29, 1.82) is 0 Å². The molecule has 2 aliphatic rings. The fraction of sp³-hybridized carbons (Fsp3) is 0.909. The Kier molecular flexibility index (Phi) is 4.49. The van der Waals surface area contributed by atoms with Crippen molar-refractivity contribution in [2.45, 2.75) is 43.1 Å². The summed E-state index contributed by atoms with van der Waals surface area (Å²) in [5, 5.41) is 9.47. The minimum Gasteiger partial charge on any atom is -0.479 e. The van der Waals surface area contributed by atoms with Crippen LogP contribution in [0.5, 0.6) is 0 Å². The lowest BCUT2D eigenvalue weighted by Crippen LogP contribution is -2.23. The molecule has 2 atom stereocenters. The molecule has 2 saturated heterocycles. The summed E-state index contributed by atoms with van der Waals surface area (Å²) in [5.74, 6) is 0.104. The van der Waals surface area contributed by atoms with Crippen molar-refractivity contribution in [2.24, 2.45) is 0 Å². The average Bonchev–Trinajstić information content (AvgIpc) is 2.76. The first kappa shape index (κ1) is 12.2. The molecule has 0 aliphatic carbocycles. The summed E-state index contributed by atoms with van der Waals surface area (Å²) in [7, 11) is 0. The first-order valence-electron chi connectivity index (χ1n) is 5.83. The Labute approximate surface area is 99.7 Å². The lowest BCUT2D eigenvalue weighted by atomic mass is 10.2. The van der Waals surface area contributed by atoms with Crippen LogP contribution in [0.1, 0.15) is 25.7 Å². The molecular formula is C11H18O4S. The van der Waals surface area contributed by atoms with Crippen molar-refractivity contribution >= 4 is 17.7 Å². The topological polar surface area (TPSA) is 55.8 Å². The molecule has 5 heteroatoms. The van der Waals surface area contributed by atoms with E-state index in [0.29, 0.717) is 11.7 Å². The van der Waals surface area contributed by atoms with Gasteiger partial charge < -0.3 is 14.6 Å². The molecule has 0 aromatic carbocycles. The van der Waals surface area contributed by atoms with Crippen LogP contribution < -0.4 is 0 Å². The van der Waals surface area contributed by atoms with Gasteiger partial charge in [-0.3, -0.25) is 0 Å². The van der Waals surface area contributed by atoms with Gasteiger partial charge in [0, 0.05) is 24.2 Å². The first-order chi connectivity index (χ1) is 7.75. The third kappa shape index (κ3) is 3.37. The molecule has 0 saturated carbocycles. The molecule has 0 aromatic rings. The summed E-state index contributed by atoms with van der Waals surface area (Å²) in [6.07, 6.45) is 3.33. The predicted octanol–water partition coefficient (Wildman–Crippen LogP) is 1.53. The molecule has 0 bridgehead atoms. The highest BCUT2D eigenvalue weighted by molar-refractivity contribution is 7.99. The summed E-state index contributed by atoms with van der Waals surface area (Å²) in [6, 6.07) is 0. The zero-order valence-corrected chi connectivity index (χ0v) is 10.1. The molecule has 0 amide bonds. The minimum absolute atomic E-state index is 0.133. The van der Waals surface area contributed by atoms with Gasteiger partial charge in [0.05, 0.1) is 6.10 Å². The summed E-state index contributed by atoms with van der Waals surface area (Å²) in [5.41, 5.74) is 0. The van der Waals surface area contributed by atoms with Gasteiger partial charge in [0.15, 0.2) is 6.10 Å². The highest BCUT2D eigenvalue weighted by atomic mass is 32.2. The third-order valence-electron chi connectivity index (χ3n) is 3.07. The lowest BCUT2D eigenvalue weighted by Gasteiger charge is -2.22.